The molecule has 9 aromatic carbocycles. The monoisotopic (exact) mass is 745 g/mol. The lowest BCUT2D eigenvalue weighted by atomic mass is 9.99. The molecule has 0 fully saturated rings. The van der Waals surface area contributed by atoms with Gasteiger partial charge in [0, 0.05) is 32.7 Å². The van der Waals surface area contributed by atoms with E-state index in [1.807, 2.05) is 54.6 Å². The molecule has 2 aromatic heterocycles. The van der Waals surface area contributed by atoms with Crippen molar-refractivity contribution in [2.45, 2.75) is 6.54 Å². The van der Waals surface area contributed by atoms with Gasteiger partial charge < -0.3 is 14.6 Å². The number of hydrogen-bond acceptors (Lipinski definition) is 3. The summed E-state index contributed by atoms with van der Waals surface area (Å²) in [7, 11) is 0. The van der Waals surface area contributed by atoms with Gasteiger partial charge in [-0.1, -0.05) is 140 Å². The Kier molecular flexibility index (Phi) is 7.97. The first-order chi connectivity index (χ1) is 28.6. The van der Waals surface area contributed by atoms with Gasteiger partial charge in [0.2, 0.25) is 0 Å². The van der Waals surface area contributed by atoms with Crippen LogP contribution in [0.4, 0.5) is 0 Å². The quantitative estimate of drug-likeness (QED) is 0.136. The van der Waals surface area contributed by atoms with Crippen LogP contribution < -0.4 is 5.73 Å². The molecule has 0 aliphatic rings. The molecule has 2 N–H and O–H groups in total. The molecule has 0 bridgehead atoms. The van der Waals surface area contributed by atoms with Crippen molar-refractivity contribution in [2.24, 2.45) is 15.7 Å². The Morgan fingerprint density at radius 3 is 1.88 bits per heavy atom. The molecule has 274 valence electrons. The van der Waals surface area contributed by atoms with Crippen molar-refractivity contribution in [1.82, 2.24) is 0 Å². The second-order valence-corrected chi connectivity index (χ2v) is 14.8. The Labute approximate surface area is 334 Å². The maximum absolute atomic E-state index is 6.75. The molecule has 11 aromatic rings. The van der Waals surface area contributed by atoms with Gasteiger partial charge in [0.1, 0.15) is 28.2 Å². The number of nitrogens with two attached hydrogens (primary N) is 1. The summed E-state index contributed by atoms with van der Waals surface area (Å²) >= 11 is 0. The maximum atomic E-state index is 6.75. The second-order valence-electron chi connectivity index (χ2n) is 14.8. The molecule has 5 heteroatoms. The summed E-state index contributed by atoms with van der Waals surface area (Å²) in [6.45, 7) is 0.376. The van der Waals surface area contributed by atoms with E-state index < -0.39 is 0 Å². The van der Waals surface area contributed by atoms with Gasteiger partial charge in [-0.15, -0.1) is 0 Å². The first-order valence-corrected chi connectivity index (χ1v) is 19.4. The fraction of sp³-hybridized carbons (Fsp3) is 0.0189. The SMILES string of the molecule is N/C(=N\C(=N/Cc1cccc2oc3ccc(-c4ccc5c(c4)oc4cc6ccccc6cc45)cc3c12)c1ccc2ccccc2c1)c1ccc(-c2ccccc2)cc1. The van der Waals surface area contributed by atoms with E-state index in [9.17, 15) is 0 Å². The van der Waals surface area contributed by atoms with Gasteiger partial charge >= 0.3 is 0 Å². The van der Waals surface area contributed by atoms with E-state index in [-0.39, 0.29) is 0 Å². The van der Waals surface area contributed by atoms with Gasteiger partial charge in [-0.2, -0.15) is 0 Å². The molecule has 58 heavy (non-hydrogen) atoms. The van der Waals surface area contributed by atoms with Crippen LogP contribution in [-0.4, -0.2) is 11.7 Å². The highest BCUT2D eigenvalue weighted by Crippen LogP contribution is 2.38. The van der Waals surface area contributed by atoms with Crippen molar-refractivity contribution in [2.75, 3.05) is 0 Å². The molecule has 0 amide bonds. The van der Waals surface area contributed by atoms with E-state index in [1.165, 1.54) is 10.8 Å². The molecule has 0 unspecified atom stereocenters. The average Bonchev–Trinajstić information content (AvgIpc) is 3.84. The lowest BCUT2D eigenvalue weighted by Crippen LogP contribution is -2.16. The van der Waals surface area contributed by atoms with Crippen LogP contribution in [0.25, 0.3) is 87.7 Å². The zero-order chi connectivity index (χ0) is 38.6. The molecule has 0 saturated carbocycles. The van der Waals surface area contributed by atoms with Crippen molar-refractivity contribution in [1.29, 1.82) is 0 Å². The highest BCUT2D eigenvalue weighted by atomic mass is 16.3. The number of furan rings is 2. The first-order valence-electron chi connectivity index (χ1n) is 19.4. The van der Waals surface area contributed by atoms with Gasteiger partial charge in [-0.3, -0.25) is 4.99 Å². The number of nitrogens with zero attached hydrogens (tertiary/aromatic N) is 2. The molecule has 0 spiro atoms. The van der Waals surface area contributed by atoms with Gasteiger partial charge in [0.25, 0.3) is 0 Å². The van der Waals surface area contributed by atoms with Crippen molar-refractivity contribution >= 4 is 77.1 Å². The third-order valence-electron chi connectivity index (χ3n) is 11.2. The van der Waals surface area contributed by atoms with E-state index in [0.717, 1.165) is 93.6 Å². The lowest BCUT2D eigenvalue weighted by molar-refractivity contribution is 0.668. The Bertz CT molecular complexity index is 3430. The fourth-order valence-electron chi connectivity index (χ4n) is 8.18. The minimum Gasteiger partial charge on any atom is -0.456 e. The minimum absolute atomic E-state index is 0.376. The van der Waals surface area contributed by atoms with Gasteiger partial charge in [-0.25, -0.2) is 4.99 Å². The number of fused-ring (bicyclic) bond motifs is 8. The summed E-state index contributed by atoms with van der Waals surface area (Å²) in [5, 5.41) is 8.92. The largest absolute Gasteiger partial charge is 0.456 e. The predicted molar refractivity (Wildman–Crippen MR) is 241 cm³/mol. The van der Waals surface area contributed by atoms with Crippen molar-refractivity contribution in [3.8, 4) is 22.3 Å². The van der Waals surface area contributed by atoms with Crippen LogP contribution in [0, 0.1) is 0 Å². The van der Waals surface area contributed by atoms with Crippen molar-refractivity contribution < 1.29 is 8.83 Å². The van der Waals surface area contributed by atoms with E-state index in [2.05, 4.69) is 133 Å². The fourth-order valence-corrected chi connectivity index (χ4v) is 8.18. The summed E-state index contributed by atoms with van der Waals surface area (Å²) in [4.78, 5) is 10.2. The van der Waals surface area contributed by atoms with Gasteiger partial charge in [0.15, 0.2) is 5.84 Å². The third-order valence-corrected chi connectivity index (χ3v) is 11.2. The van der Waals surface area contributed by atoms with E-state index >= 15 is 0 Å². The number of rotatable bonds is 6. The zero-order valence-corrected chi connectivity index (χ0v) is 31.4. The predicted octanol–water partition coefficient (Wildman–Crippen LogP) is 13.5. The first kappa shape index (κ1) is 33.6. The molecule has 2 heterocycles. The Hall–Kier alpha value is -7.76. The van der Waals surface area contributed by atoms with Crippen LogP contribution in [-0.2, 0) is 6.54 Å². The molecular formula is C53H35N3O2. The molecule has 0 saturated heterocycles. The molecule has 11 rings (SSSR count). The number of benzene rings is 9. The number of amidine groups is 2. The van der Waals surface area contributed by atoms with Gasteiger partial charge in [0.05, 0.1) is 6.54 Å². The van der Waals surface area contributed by atoms with E-state index in [0.29, 0.717) is 18.2 Å². The van der Waals surface area contributed by atoms with Crippen LogP contribution in [0.15, 0.2) is 207 Å². The molecule has 0 aliphatic carbocycles. The zero-order valence-electron chi connectivity index (χ0n) is 31.4. The van der Waals surface area contributed by atoms with Crippen LogP contribution in [0.3, 0.4) is 0 Å². The second kappa shape index (κ2) is 13.8. The summed E-state index contributed by atoms with van der Waals surface area (Å²) < 4.78 is 12.8. The van der Waals surface area contributed by atoms with E-state index in [1.54, 1.807) is 0 Å². The number of aliphatic imine (C=N–C) groups is 2. The standard InChI is InChI=1S/C53H35N3O2/c54-52(36-20-17-35(18-21-36)33-9-2-1-3-10-33)56-53(42-22-19-34-11-4-5-12-37(34)27-42)55-32-43-15-8-16-48-51(43)46-29-40(24-26-47(46)57-48)41-23-25-44-45-28-38-13-6-7-14-39(38)30-50(45)58-49(44)31-41/h1-31H,32H2,(H2,54,55,56). The summed E-state index contributed by atoms with van der Waals surface area (Å²) in [5.41, 5.74) is 17.3. The Morgan fingerprint density at radius 2 is 1.05 bits per heavy atom. The van der Waals surface area contributed by atoms with Crippen LogP contribution >= 0.6 is 0 Å². The summed E-state index contributed by atoms with van der Waals surface area (Å²) in [5.74, 6) is 0.964. The highest BCUT2D eigenvalue weighted by Gasteiger charge is 2.15. The van der Waals surface area contributed by atoms with Crippen LogP contribution in [0.1, 0.15) is 16.7 Å². The maximum Gasteiger partial charge on any atom is 0.157 e. The molecule has 0 atom stereocenters. The smallest absolute Gasteiger partial charge is 0.157 e. The van der Waals surface area contributed by atoms with Crippen LogP contribution in [0.5, 0.6) is 0 Å². The highest BCUT2D eigenvalue weighted by molar-refractivity contribution is 6.13. The lowest BCUT2D eigenvalue weighted by Gasteiger charge is -2.09. The molecule has 5 nitrogen and oxygen atoms in total. The Morgan fingerprint density at radius 1 is 0.414 bits per heavy atom. The molecule has 0 aliphatic heterocycles. The third kappa shape index (κ3) is 5.97. The molecular weight excluding hydrogens is 711 g/mol. The van der Waals surface area contributed by atoms with Gasteiger partial charge in [-0.05, 0) is 97.9 Å². The summed E-state index contributed by atoms with van der Waals surface area (Å²) in [6.07, 6.45) is 0. The van der Waals surface area contributed by atoms with Crippen molar-refractivity contribution in [3.05, 3.63) is 205 Å². The Balaban J connectivity index is 0.979. The minimum atomic E-state index is 0.376. The van der Waals surface area contributed by atoms with E-state index in [4.69, 9.17) is 24.6 Å². The number of hydrogen-bond donors (Lipinski definition) is 1. The normalized spacial score (nSPS) is 12.5. The average molecular weight is 746 g/mol. The summed E-state index contributed by atoms with van der Waals surface area (Å²) in [6, 6.07) is 64.9. The topological polar surface area (TPSA) is 77.0 Å². The van der Waals surface area contributed by atoms with Crippen molar-refractivity contribution in [3.63, 3.8) is 0 Å². The molecule has 0 radical (unpaired) electrons. The van der Waals surface area contributed by atoms with Crippen LogP contribution in [0.2, 0.25) is 0 Å².